The number of hydrogen-bond donors (Lipinski definition) is 1. The molecule has 1 atom stereocenters. The van der Waals surface area contributed by atoms with E-state index in [0.717, 1.165) is 6.54 Å². The molecule has 96 valence electrons. The number of carbonyl (C=O) groups excluding carboxylic acids is 2. The maximum absolute atomic E-state index is 12.0. The van der Waals surface area contributed by atoms with E-state index in [1.165, 1.54) is 0 Å². The van der Waals surface area contributed by atoms with E-state index in [2.05, 4.69) is 5.32 Å². The minimum absolute atomic E-state index is 0.00547. The second-order valence-corrected chi connectivity index (χ2v) is 4.51. The number of hydrogen-bond acceptors (Lipinski definition) is 4. The number of morpholine rings is 1. The smallest absolute Gasteiger partial charge is 0.242 e. The lowest BCUT2D eigenvalue weighted by Crippen LogP contribution is -2.53. The van der Waals surface area contributed by atoms with E-state index in [-0.39, 0.29) is 24.5 Å². The largest absolute Gasteiger partial charge is 0.375 e. The van der Waals surface area contributed by atoms with E-state index in [9.17, 15) is 9.59 Å². The van der Waals surface area contributed by atoms with Crippen LogP contribution in [0.1, 0.15) is 6.92 Å². The van der Waals surface area contributed by atoms with Gasteiger partial charge in [-0.2, -0.15) is 0 Å². The van der Waals surface area contributed by atoms with Gasteiger partial charge in [0.15, 0.2) is 0 Å². The maximum atomic E-state index is 12.0. The lowest BCUT2D eigenvalue weighted by atomic mass is 10.2. The monoisotopic (exact) mass is 241 g/mol. The molecule has 0 unspecified atom stereocenters. The van der Waals surface area contributed by atoms with Crippen LogP contribution in [0.25, 0.3) is 0 Å². The fourth-order valence-corrected chi connectivity index (χ4v) is 2.12. The van der Waals surface area contributed by atoms with Crippen LogP contribution in [0.5, 0.6) is 0 Å². The van der Waals surface area contributed by atoms with E-state index in [0.29, 0.717) is 32.8 Å². The van der Waals surface area contributed by atoms with Gasteiger partial charge in [-0.25, -0.2) is 0 Å². The van der Waals surface area contributed by atoms with Crippen molar-refractivity contribution >= 4 is 11.8 Å². The molecule has 2 aliphatic rings. The number of ether oxygens (including phenoxy) is 1. The zero-order chi connectivity index (χ0) is 12.3. The third-order valence-electron chi connectivity index (χ3n) is 3.11. The van der Waals surface area contributed by atoms with E-state index < -0.39 is 0 Å². The van der Waals surface area contributed by atoms with Gasteiger partial charge in [-0.15, -0.1) is 0 Å². The van der Waals surface area contributed by atoms with Crippen molar-refractivity contribution in [3.63, 3.8) is 0 Å². The van der Waals surface area contributed by atoms with Crippen LogP contribution in [0.15, 0.2) is 0 Å². The average molecular weight is 241 g/mol. The zero-order valence-corrected chi connectivity index (χ0v) is 10.1. The van der Waals surface area contributed by atoms with Crippen LogP contribution >= 0.6 is 0 Å². The molecule has 6 heteroatoms. The van der Waals surface area contributed by atoms with Crippen molar-refractivity contribution in [3.05, 3.63) is 0 Å². The normalized spacial score (nSPS) is 26.2. The highest BCUT2D eigenvalue weighted by molar-refractivity contribution is 5.86. The van der Waals surface area contributed by atoms with Crippen molar-refractivity contribution in [2.24, 2.45) is 0 Å². The number of carbonyl (C=O) groups is 2. The molecule has 2 saturated heterocycles. The molecule has 0 bridgehead atoms. The van der Waals surface area contributed by atoms with Gasteiger partial charge >= 0.3 is 0 Å². The van der Waals surface area contributed by atoms with Crippen molar-refractivity contribution in [3.8, 4) is 0 Å². The van der Waals surface area contributed by atoms with Gasteiger partial charge in [-0.1, -0.05) is 0 Å². The molecular formula is C11H19N3O3. The number of nitrogens with zero attached hydrogens (tertiary/aromatic N) is 2. The molecular weight excluding hydrogens is 222 g/mol. The van der Waals surface area contributed by atoms with Gasteiger partial charge in [-0.05, 0) is 6.92 Å². The molecule has 6 nitrogen and oxygen atoms in total. The Bertz CT molecular complexity index is 308. The average Bonchev–Trinajstić information content (AvgIpc) is 2.32. The molecule has 1 N–H and O–H groups in total. The van der Waals surface area contributed by atoms with Crippen molar-refractivity contribution in [2.45, 2.75) is 13.0 Å². The van der Waals surface area contributed by atoms with Gasteiger partial charge < -0.3 is 19.9 Å². The fourth-order valence-electron chi connectivity index (χ4n) is 2.12. The molecule has 0 radical (unpaired) electrons. The first-order valence-corrected chi connectivity index (χ1v) is 6.04. The molecule has 0 aromatic rings. The van der Waals surface area contributed by atoms with Gasteiger partial charge in [-0.3, -0.25) is 9.59 Å². The van der Waals surface area contributed by atoms with E-state index >= 15 is 0 Å². The summed E-state index contributed by atoms with van der Waals surface area (Å²) in [5.74, 6) is 0.0290. The highest BCUT2D eigenvalue weighted by atomic mass is 16.5. The molecule has 2 rings (SSSR count). The van der Waals surface area contributed by atoms with Gasteiger partial charge in [0.2, 0.25) is 11.8 Å². The Balaban J connectivity index is 1.85. The summed E-state index contributed by atoms with van der Waals surface area (Å²) in [6, 6.07) is 0. The van der Waals surface area contributed by atoms with Crippen LogP contribution in [0.4, 0.5) is 0 Å². The lowest BCUT2D eigenvalue weighted by molar-refractivity contribution is -0.145. The first kappa shape index (κ1) is 12.3. The predicted molar refractivity (Wildman–Crippen MR) is 61.4 cm³/mol. The van der Waals surface area contributed by atoms with Crippen LogP contribution in [-0.4, -0.2) is 73.6 Å². The summed E-state index contributed by atoms with van der Waals surface area (Å²) >= 11 is 0. The number of nitrogens with one attached hydrogen (secondary N) is 1. The fraction of sp³-hybridized carbons (Fsp3) is 0.818. The van der Waals surface area contributed by atoms with Crippen molar-refractivity contribution in [1.82, 2.24) is 15.1 Å². The van der Waals surface area contributed by atoms with Crippen LogP contribution in [0, 0.1) is 0 Å². The molecule has 0 spiro atoms. The Morgan fingerprint density at radius 1 is 1.53 bits per heavy atom. The van der Waals surface area contributed by atoms with E-state index in [1.807, 2.05) is 6.92 Å². The SMILES string of the molecule is C[C@@H]1CN(C(=O)CN2CCNCC2=O)CCO1. The molecule has 17 heavy (non-hydrogen) atoms. The third kappa shape index (κ3) is 3.17. The minimum atomic E-state index is 0.00547. The van der Waals surface area contributed by atoms with Crippen LogP contribution in [0.2, 0.25) is 0 Å². The first-order chi connectivity index (χ1) is 8.16. The summed E-state index contributed by atoms with van der Waals surface area (Å²) in [6.45, 7) is 5.71. The van der Waals surface area contributed by atoms with Gasteiger partial charge in [0, 0.05) is 26.2 Å². The first-order valence-electron chi connectivity index (χ1n) is 6.04. The second-order valence-electron chi connectivity index (χ2n) is 4.51. The maximum Gasteiger partial charge on any atom is 0.242 e. The highest BCUT2D eigenvalue weighted by Gasteiger charge is 2.25. The van der Waals surface area contributed by atoms with Gasteiger partial charge in [0.1, 0.15) is 0 Å². The molecule has 0 saturated carbocycles. The topological polar surface area (TPSA) is 61.9 Å². The van der Waals surface area contributed by atoms with E-state index in [4.69, 9.17) is 4.74 Å². The molecule has 0 aromatic carbocycles. The minimum Gasteiger partial charge on any atom is -0.375 e. The molecule has 2 amide bonds. The lowest BCUT2D eigenvalue weighted by Gasteiger charge is -2.34. The summed E-state index contributed by atoms with van der Waals surface area (Å²) in [5, 5.41) is 2.99. The Labute approximate surface area is 101 Å². The number of piperazine rings is 1. The Kier molecular flexibility index (Phi) is 3.96. The second kappa shape index (κ2) is 5.46. The molecule has 0 aromatic heterocycles. The summed E-state index contributed by atoms with van der Waals surface area (Å²) in [7, 11) is 0. The van der Waals surface area contributed by atoms with Crippen LogP contribution in [-0.2, 0) is 14.3 Å². The van der Waals surface area contributed by atoms with E-state index in [1.54, 1.807) is 9.80 Å². The number of rotatable bonds is 2. The number of amides is 2. The molecule has 0 aliphatic carbocycles. The van der Waals surface area contributed by atoms with Crippen molar-refractivity contribution in [1.29, 1.82) is 0 Å². The zero-order valence-electron chi connectivity index (χ0n) is 10.1. The summed E-state index contributed by atoms with van der Waals surface area (Å²) < 4.78 is 5.38. The third-order valence-corrected chi connectivity index (χ3v) is 3.11. The van der Waals surface area contributed by atoms with Crippen LogP contribution < -0.4 is 5.32 Å². The molecule has 2 heterocycles. The Hall–Kier alpha value is -1.14. The molecule has 2 fully saturated rings. The summed E-state index contributed by atoms with van der Waals surface area (Å²) in [4.78, 5) is 27.0. The predicted octanol–water partition coefficient (Wildman–Crippen LogP) is -1.33. The Morgan fingerprint density at radius 2 is 2.35 bits per heavy atom. The molecule has 2 aliphatic heterocycles. The van der Waals surface area contributed by atoms with Gasteiger partial charge in [0.05, 0.1) is 25.8 Å². The summed E-state index contributed by atoms with van der Waals surface area (Å²) in [5.41, 5.74) is 0. The van der Waals surface area contributed by atoms with Gasteiger partial charge in [0.25, 0.3) is 0 Å². The quantitative estimate of drug-likeness (QED) is 0.650. The van der Waals surface area contributed by atoms with Crippen molar-refractivity contribution in [2.75, 3.05) is 45.9 Å². The van der Waals surface area contributed by atoms with Crippen molar-refractivity contribution < 1.29 is 14.3 Å². The standard InChI is InChI=1S/C11H19N3O3/c1-9-7-14(4-5-17-9)11(16)8-13-3-2-12-6-10(13)15/h9,12H,2-8H2,1H3/t9-/m1/s1. The highest BCUT2D eigenvalue weighted by Crippen LogP contribution is 2.06. The Morgan fingerprint density at radius 3 is 3.06 bits per heavy atom. The summed E-state index contributed by atoms with van der Waals surface area (Å²) in [6.07, 6.45) is 0.0893. The van der Waals surface area contributed by atoms with Crippen LogP contribution in [0.3, 0.4) is 0 Å².